The second-order valence-electron chi connectivity index (χ2n) is 5.22. The van der Waals surface area contributed by atoms with Crippen LogP contribution in [0.25, 0.3) is 0 Å². The third-order valence-electron chi connectivity index (χ3n) is 2.47. The number of benzene rings is 1. The van der Waals surface area contributed by atoms with Gasteiger partial charge in [-0.05, 0) is 39.0 Å². The molecule has 0 radical (unpaired) electrons. The fraction of sp³-hybridized carbons (Fsp3) is 0.333. The highest BCUT2D eigenvalue weighted by atomic mass is 16.7. The summed E-state index contributed by atoms with van der Waals surface area (Å²) in [5.41, 5.74) is 1.78. The molecule has 3 heteroatoms. The molecule has 0 bridgehead atoms. The summed E-state index contributed by atoms with van der Waals surface area (Å²) in [5.74, 6) is 0.544. The van der Waals surface area contributed by atoms with Gasteiger partial charge in [0.25, 0.3) is 0 Å². The smallest absolute Gasteiger partial charge is 0.428 e. The Bertz CT molecular complexity index is 481. The van der Waals surface area contributed by atoms with Crippen LogP contribution < -0.4 is 0 Å². The predicted octanol–water partition coefficient (Wildman–Crippen LogP) is 3.63. The summed E-state index contributed by atoms with van der Waals surface area (Å²) < 4.78 is 10.3. The van der Waals surface area contributed by atoms with Gasteiger partial charge in [-0.15, -0.1) is 0 Å². The maximum Gasteiger partial charge on any atom is 0.515 e. The molecule has 3 nitrogen and oxygen atoms in total. The zero-order valence-corrected chi connectivity index (χ0v) is 10.9. The monoisotopic (exact) mass is 245 g/mol. The topological polar surface area (TPSA) is 35.5 Å². The van der Waals surface area contributed by atoms with Gasteiger partial charge in [-0.2, -0.15) is 0 Å². The van der Waals surface area contributed by atoms with Crippen LogP contribution >= 0.6 is 0 Å². The van der Waals surface area contributed by atoms with Crippen molar-refractivity contribution in [1.82, 2.24) is 0 Å². The minimum absolute atomic E-state index is 0.537. The summed E-state index contributed by atoms with van der Waals surface area (Å²) in [6.45, 7) is 5.42. The lowest BCUT2D eigenvalue weighted by Gasteiger charge is -2.19. The zero-order chi connectivity index (χ0) is 13.2. The van der Waals surface area contributed by atoms with E-state index in [9.17, 15) is 4.79 Å². The summed E-state index contributed by atoms with van der Waals surface area (Å²) in [6.07, 6.45) is 3.84. The van der Waals surface area contributed by atoms with Crippen molar-refractivity contribution in [3.8, 4) is 0 Å². The van der Waals surface area contributed by atoms with Crippen molar-refractivity contribution >= 4 is 6.16 Å². The van der Waals surface area contributed by atoms with Crippen molar-refractivity contribution in [3.63, 3.8) is 0 Å². The lowest BCUT2D eigenvalue weighted by atomic mass is 9.96. The summed E-state index contributed by atoms with van der Waals surface area (Å²) in [7, 11) is 0. The van der Waals surface area contributed by atoms with Crippen molar-refractivity contribution in [1.29, 1.82) is 0 Å². The number of hydrogen-bond acceptors (Lipinski definition) is 3. The molecule has 0 saturated carbocycles. The SMILES string of the molecule is CC(C)(C)OC(=O)OC1=CCc2ccccc2[CH+]1. The molecule has 2 rings (SSSR count). The number of fused-ring (bicyclic) bond motifs is 1. The summed E-state index contributed by atoms with van der Waals surface area (Å²) in [6, 6.07) is 8.03. The maximum atomic E-state index is 11.5. The molecule has 1 aliphatic rings. The first-order valence-electron chi connectivity index (χ1n) is 5.98. The minimum Gasteiger partial charge on any atom is -0.428 e. The van der Waals surface area contributed by atoms with E-state index in [1.807, 2.05) is 51.5 Å². The molecule has 18 heavy (non-hydrogen) atoms. The third kappa shape index (κ3) is 3.29. The molecule has 0 aromatic heterocycles. The van der Waals surface area contributed by atoms with Crippen molar-refractivity contribution in [3.05, 3.63) is 53.6 Å². The zero-order valence-electron chi connectivity index (χ0n) is 10.9. The highest BCUT2D eigenvalue weighted by molar-refractivity contribution is 5.63. The molecular weight excluding hydrogens is 228 g/mol. The van der Waals surface area contributed by atoms with Crippen LogP contribution in [0.15, 0.2) is 36.1 Å². The molecule has 0 amide bonds. The largest absolute Gasteiger partial charge is 0.515 e. The molecule has 0 aliphatic heterocycles. The molecule has 0 atom stereocenters. The summed E-state index contributed by atoms with van der Waals surface area (Å²) >= 11 is 0. The number of carbonyl (C=O) groups is 1. The Balaban J connectivity index is 1.97. The van der Waals surface area contributed by atoms with E-state index >= 15 is 0 Å². The molecule has 0 spiro atoms. The van der Waals surface area contributed by atoms with Gasteiger partial charge in [0.1, 0.15) is 11.2 Å². The molecule has 1 aliphatic carbocycles. The van der Waals surface area contributed by atoms with E-state index < -0.39 is 11.8 Å². The quantitative estimate of drug-likeness (QED) is 0.560. The molecule has 94 valence electrons. The van der Waals surface area contributed by atoms with Crippen LogP contribution in [0.3, 0.4) is 0 Å². The molecule has 1 aromatic carbocycles. The van der Waals surface area contributed by atoms with Gasteiger partial charge in [-0.3, -0.25) is 0 Å². The Labute approximate surface area is 107 Å². The number of ether oxygens (including phenoxy) is 2. The fourth-order valence-electron chi connectivity index (χ4n) is 1.72. The van der Waals surface area contributed by atoms with Crippen LogP contribution in [0.2, 0.25) is 0 Å². The van der Waals surface area contributed by atoms with Crippen molar-refractivity contribution < 1.29 is 14.3 Å². The first-order chi connectivity index (χ1) is 8.44. The highest BCUT2D eigenvalue weighted by Gasteiger charge is 2.24. The predicted molar refractivity (Wildman–Crippen MR) is 69.0 cm³/mol. The lowest BCUT2D eigenvalue weighted by molar-refractivity contribution is 0.00716. The van der Waals surface area contributed by atoms with Gasteiger partial charge >= 0.3 is 6.16 Å². The molecule has 0 fully saturated rings. The minimum atomic E-state index is -0.663. The molecule has 0 N–H and O–H groups in total. The third-order valence-corrected chi connectivity index (χ3v) is 2.47. The number of rotatable bonds is 1. The molecule has 0 unspecified atom stereocenters. The van der Waals surface area contributed by atoms with Gasteiger partial charge in [0.15, 0.2) is 0 Å². The normalized spacial score (nSPS) is 14.1. The fourth-order valence-corrected chi connectivity index (χ4v) is 1.72. The van der Waals surface area contributed by atoms with Gasteiger partial charge in [0, 0.05) is 17.7 Å². The van der Waals surface area contributed by atoms with Crippen LogP contribution in [-0.2, 0) is 15.9 Å². The molecular formula is C15H17O3+. The Kier molecular flexibility index (Phi) is 3.32. The highest BCUT2D eigenvalue weighted by Crippen LogP contribution is 2.24. The standard InChI is InChI=1S/C15H17O3/c1-15(2,3)18-14(16)17-13-9-8-11-6-4-5-7-12(11)10-13/h4-7,9-10H,8H2,1-3H3/q+1. The lowest BCUT2D eigenvalue weighted by Crippen LogP contribution is -2.24. The van der Waals surface area contributed by atoms with Gasteiger partial charge < -0.3 is 9.47 Å². The Morgan fingerprint density at radius 1 is 1.28 bits per heavy atom. The first-order valence-corrected chi connectivity index (χ1v) is 5.98. The van der Waals surface area contributed by atoms with Crippen molar-refractivity contribution in [2.24, 2.45) is 0 Å². The average Bonchev–Trinajstić information content (AvgIpc) is 2.26. The van der Waals surface area contributed by atoms with Crippen molar-refractivity contribution in [2.75, 3.05) is 0 Å². The van der Waals surface area contributed by atoms with Gasteiger partial charge in [-0.1, -0.05) is 0 Å². The Morgan fingerprint density at radius 2 is 2.00 bits per heavy atom. The van der Waals surface area contributed by atoms with Crippen LogP contribution in [0.1, 0.15) is 31.9 Å². The van der Waals surface area contributed by atoms with E-state index in [-0.39, 0.29) is 0 Å². The van der Waals surface area contributed by atoms with Gasteiger partial charge in [-0.25, -0.2) is 4.79 Å². The van der Waals surface area contributed by atoms with E-state index in [1.165, 1.54) is 5.56 Å². The van der Waals surface area contributed by atoms with Gasteiger partial charge in [0.05, 0.1) is 12.8 Å². The van der Waals surface area contributed by atoms with E-state index in [4.69, 9.17) is 9.47 Å². The number of hydrogen-bond donors (Lipinski definition) is 0. The van der Waals surface area contributed by atoms with E-state index in [0.29, 0.717) is 5.76 Å². The van der Waals surface area contributed by atoms with Crippen LogP contribution in [0, 0.1) is 6.42 Å². The van der Waals surface area contributed by atoms with E-state index in [1.54, 1.807) is 0 Å². The summed E-state index contributed by atoms with van der Waals surface area (Å²) in [5, 5.41) is 0. The van der Waals surface area contributed by atoms with Crippen molar-refractivity contribution in [2.45, 2.75) is 32.8 Å². The number of allylic oxidation sites excluding steroid dienone is 2. The Hall–Kier alpha value is -1.90. The Morgan fingerprint density at radius 3 is 2.72 bits per heavy atom. The maximum absolute atomic E-state index is 11.5. The first kappa shape index (κ1) is 12.6. The molecule has 1 aromatic rings. The van der Waals surface area contributed by atoms with E-state index in [2.05, 4.69) is 6.07 Å². The van der Waals surface area contributed by atoms with Crippen LogP contribution in [-0.4, -0.2) is 11.8 Å². The molecule has 0 saturated heterocycles. The van der Waals surface area contributed by atoms with Crippen LogP contribution in [0.5, 0.6) is 0 Å². The van der Waals surface area contributed by atoms with Crippen LogP contribution in [0.4, 0.5) is 4.79 Å². The van der Waals surface area contributed by atoms with Gasteiger partial charge in [0.2, 0.25) is 5.76 Å². The number of carbonyl (C=O) groups excluding carboxylic acids is 1. The molecule has 0 heterocycles. The second-order valence-corrected chi connectivity index (χ2v) is 5.22. The van der Waals surface area contributed by atoms with E-state index in [0.717, 1.165) is 12.0 Å². The summed E-state index contributed by atoms with van der Waals surface area (Å²) in [4.78, 5) is 11.5. The second kappa shape index (κ2) is 4.77. The average molecular weight is 245 g/mol.